The van der Waals surface area contributed by atoms with Gasteiger partial charge in [-0.25, -0.2) is 9.78 Å². The zero-order chi connectivity index (χ0) is 39.3. The Bertz CT molecular complexity index is 1900. The third-order valence-electron chi connectivity index (χ3n) is 7.12. The van der Waals surface area contributed by atoms with E-state index in [2.05, 4.69) is 15.6 Å². The predicted octanol–water partition coefficient (Wildman–Crippen LogP) is 6.34. The number of anilines is 3. The standard InChI is InChI=1S/C35H41N5O6.C2HF3O2/c1-6-44-31-19-26(11-14-30(31)46-22(3)4)33(39-28-12-13-29-25(18-28)15-16-37-34(29)36)35(43)40(21-32(42)45-7-2)20-24-9-8-10-27(17-24)38-23(5)41;3-2(4,5)1(6)7/h8-19,22,33,39H,6-7,20-21H2,1-5H3,(H2,36,37)(H,38,41);(H,6,7). The lowest BCUT2D eigenvalue weighted by Crippen LogP contribution is -2.41. The van der Waals surface area contributed by atoms with Crippen LogP contribution in [0.25, 0.3) is 10.8 Å². The summed E-state index contributed by atoms with van der Waals surface area (Å²) in [6.45, 7) is 9.21. The number of hydrogen-bond acceptors (Lipinski definition) is 10. The molecule has 1 aromatic heterocycles. The molecule has 0 spiro atoms. The van der Waals surface area contributed by atoms with Gasteiger partial charge in [-0.05, 0) is 92.7 Å². The molecule has 0 saturated heterocycles. The minimum atomic E-state index is -5.08. The molecule has 4 aromatic rings. The van der Waals surface area contributed by atoms with Gasteiger partial charge in [0, 0.05) is 36.4 Å². The summed E-state index contributed by atoms with van der Waals surface area (Å²) >= 11 is 0. The van der Waals surface area contributed by atoms with E-state index in [1.165, 1.54) is 11.8 Å². The predicted molar refractivity (Wildman–Crippen MR) is 192 cm³/mol. The Morgan fingerprint density at radius 3 is 2.28 bits per heavy atom. The summed E-state index contributed by atoms with van der Waals surface area (Å²) in [5.41, 5.74) is 8.62. The van der Waals surface area contributed by atoms with E-state index >= 15 is 0 Å². The molecule has 4 rings (SSSR count). The molecule has 0 saturated carbocycles. The maximum Gasteiger partial charge on any atom is 0.490 e. The van der Waals surface area contributed by atoms with E-state index in [-0.39, 0.29) is 37.6 Å². The number of carboxylic acid groups (broad SMARTS) is 1. The Kier molecular flexibility index (Phi) is 14.8. The molecule has 0 fully saturated rings. The van der Waals surface area contributed by atoms with E-state index in [1.807, 2.05) is 51.1 Å². The molecule has 13 nitrogen and oxygen atoms in total. The van der Waals surface area contributed by atoms with Crippen LogP contribution in [0.4, 0.5) is 30.4 Å². The van der Waals surface area contributed by atoms with Gasteiger partial charge in [0.15, 0.2) is 11.5 Å². The lowest BCUT2D eigenvalue weighted by atomic mass is 10.0. The van der Waals surface area contributed by atoms with Crippen LogP contribution in [0.1, 0.15) is 51.8 Å². The summed E-state index contributed by atoms with van der Waals surface area (Å²) < 4.78 is 48.9. The average molecular weight is 742 g/mol. The molecule has 0 bridgehead atoms. The largest absolute Gasteiger partial charge is 0.490 e. The molecule has 53 heavy (non-hydrogen) atoms. The quantitative estimate of drug-likeness (QED) is 0.106. The number of aliphatic carboxylic acids is 1. The second-order valence-electron chi connectivity index (χ2n) is 11.7. The molecular weight excluding hydrogens is 699 g/mol. The Hall–Kier alpha value is -6.06. The first kappa shape index (κ1) is 41.4. The van der Waals surface area contributed by atoms with Gasteiger partial charge in [0.2, 0.25) is 5.91 Å². The van der Waals surface area contributed by atoms with Gasteiger partial charge in [-0.15, -0.1) is 0 Å². The van der Waals surface area contributed by atoms with Gasteiger partial charge in [0.1, 0.15) is 18.4 Å². The topological polar surface area (TPSA) is 182 Å². The lowest BCUT2D eigenvalue weighted by molar-refractivity contribution is -0.192. The summed E-state index contributed by atoms with van der Waals surface area (Å²) in [4.78, 5) is 53.6. The van der Waals surface area contributed by atoms with Crippen LogP contribution in [0, 0.1) is 0 Å². The van der Waals surface area contributed by atoms with Crippen molar-refractivity contribution < 1.29 is 51.7 Å². The van der Waals surface area contributed by atoms with Crippen molar-refractivity contribution in [3.8, 4) is 11.5 Å². The van der Waals surface area contributed by atoms with E-state index in [0.717, 1.165) is 10.8 Å². The number of amides is 2. The Morgan fingerprint density at radius 1 is 0.943 bits per heavy atom. The number of hydrogen-bond donors (Lipinski definition) is 4. The Balaban J connectivity index is 0.000000980. The molecule has 3 aromatic carbocycles. The van der Waals surface area contributed by atoms with Crippen molar-refractivity contribution >= 4 is 51.7 Å². The Morgan fingerprint density at radius 2 is 1.66 bits per heavy atom. The SMILES string of the molecule is CCOC(=O)CN(Cc1cccc(NC(C)=O)c1)C(=O)C(Nc1ccc2c(N)nccc2c1)c1ccc(OC(C)C)c(OCC)c1.O=C(O)C(F)(F)F. The number of carbonyl (C=O) groups is 4. The van der Waals surface area contributed by atoms with Crippen LogP contribution in [0.2, 0.25) is 0 Å². The zero-order valence-corrected chi connectivity index (χ0v) is 29.8. The summed E-state index contributed by atoms with van der Waals surface area (Å²) in [6, 6.07) is 18.9. The van der Waals surface area contributed by atoms with Crippen LogP contribution in [0.3, 0.4) is 0 Å². The van der Waals surface area contributed by atoms with Crippen LogP contribution in [0.5, 0.6) is 11.5 Å². The number of pyridine rings is 1. The van der Waals surface area contributed by atoms with E-state index in [1.54, 1.807) is 49.5 Å². The van der Waals surface area contributed by atoms with Gasteiger partial charge in [0.05, 0.1) is 19.3 Å². The third-order valence-corrected chi connectivity index (χ3v) is 7.12. The van der Waals surface area contributed by atoms with Gasteiger partial charge < -0.3 is 40.6 Å². The van der Waals surface area contributed by atoms with Crippen molar-refractivity contribution in [1.29, 1.82) is 0 Å². The van der Waals surface area contributed by atoms with Gasteiger partial charge in [0.25, 0.3) is 5.91 Å². The molecule has 2 amide bonds. The van der Waals surface area contributed by atoms with Gasteiger partial charge in [-0.1, -0.05) is 18.2 Å². The number of nitrogens with two attached hydrogens (primary N) is 1. The number of aromatic nitrogens is 1. The second-order valence-corrected chi connectivity index (χ2v) is 11.7. The summed E-state index contributed by atoms with van der Waals surface area (Å²) in [7, 11) is 0. The number of alkyl halides is 3. The molecule has 0 aliphatic heterocycles. The van der Waals surface area contributed by atoms with Crippen molar-refractivity contribution in [2.45, 2.75) is 59.5 Å². The molecule has 16 heteroatoms. The molecule has 0 aliphatic rings. The van der Waals surface area contributed by atoms with Gasteiger partial charge in [-0.2, -0.15) is 13.2 Å². The Labute approximate surface area is 304 Å². The number of halogens is 3. The van der Waals surface area contributed by atoms with E-state index in [9.17, 15) is 27.6 Å². The average Bonchev–Trinajstić information content (AvgIpc) is 3.07. The zero-order valence-electron chi connectivity index (χ0n) is 29.8. The number of rotatable bonds is 14. The maximum atomic E-state index is 14.6. The summed E-state index contributed by atoms with van der Waals surface area (Å²) in [5, 5.41) is 14.9. The highest BCUT2D eigenvalue weighted by Gasteiger charge is 2.38. The highest BCUT2D eigenvalue weighted by Crippen LogP contribution is 2.34. The lowest BCUT2D eigenvalue weighted by Gasteiger charge is -2.29. The number of nitrogens with one attached hydrogen (secondary N) is 2. The van der Waals surface area contributed by atoms with Gasteiger partial charge >= 0.3 is 18.1 Å². The normalized spacial score (nSPS) is 11.5. The molecule has 284 valence electrons. The monoisotopic (exact) mass is 741 g/mol. The molecular formula is C37H42F3N5O8. The number of esters is 1. The van der Waals surface area contributed by atoms with E-state index < -0.39 is 24.2 Å². The molecule has 5 N–H and O–H groups in total. The minimum absolute atomic E-state index is 0.0794. The van der Waals surface area contributed by atoms with Gasteiger partial charge in [-0.3, -0.25) is 14.4 Å². The molecule has 1 unspecified atom stereocenters. The molecule has 0 radical (unpaired) electrons. The number of nitrogen functional groups attached to an aromatic ring is 1. The smallest absolute Gasteiger partial charge is 0.490 e. The third kappa shape index (κ3) is 12.6. The molecule has 0 aliphatic carbocycles. The minimum Gasteiger partial charge on any atom is -0.490 e. The molecule has 1 atom stereocenters. The van der Waals surface area contributed by atoms with E-state index in [0.29, 0.717) is 46.4 Å². The number of carbonyl (C=O) groups excluding carboxylic acids is 3. The van der Waals surface area contributed by atoms with Crippen LogP contribution >= 0.6 is 0 Å². The van der Waals surface area contributed by atoms with Crippen LogP contribution in [-0.2, 0) is 30.5 Å². The highest BCUT2D eigenvalue weighted by molar-refractivity contribution is 5.94. The number of ether oxygens (including phenoxy) is 3. The van der Waals surface area contributed by atoms with Crippen molar-refractivity contribution in [2.75, 3.05) is 36.1 Å². The van der Waals surface area contributed by atoms with Crippen molar-refractivity contribution in [1.82, 2.24) is 9.88 Å². The molecule has 1 heterocycles. The fraction of sp³-hybridized carbons (Fsp3) is 0.324. The number of nitrogens with zero attached hydrogens (tertiary/aromatic N) is 2. The number of benzene rings is 3. The summed E-state index contributed by atoms with van der Waals surface area (Å²) in [6.07, 6.45) is -3.55. The fourth-order valence-corrected chi connectivity index (χ4v) is 5.00. The van der Waals surface area contributed by atoms with Crippen molar-refractivity contribution in [3.63, 3.8) is 0 Å². The number of fused-ring (bicyclic) bond motifs is 1. The number of carboxylic acids is 1. The van der Waals surface area contributed by atoms with Crippen molar-refractivity contribution in [2.24, 2.45) is 0 Å². The second kappa shape index (κ2) is 19.0. The van der Waals surface area contributed by atoms with E-state index in [4.69, 9.17) is 29.8 Å². The van der Waals surface area contributed by atoms with Crippen LogP contribution in [0.15, 0.2) is 72.9 Å². The highest BCUT2D eigenvalue weighted by atomic mass is 19.4. The first-order valence-electron chi connectivity index (χ1n) is 16.5. The first-order valence-corrected chi connectivity index (χ1v) is 16.5. The van der Waals surface area contributed by atoms with Crippen molar-refractivity contribution in [3.05, 3.63) is 84.1 Å². The maximum absolute atomic E-state index is 14.6. The van der Waals surface area contributed by atoms with Crippen LogP contribution < -0.4 is 25.8 Å². The fourth-order valence-electron chi connectivity index (χ4n) is 5.00. The first-order chi connectivity index (χ1) is 25.0. The van der Waals surface area contributed by atoms with Crippen LogP contribution in [-0.4, -0.2) is 70.8 Å². The summed E-state index contributed by atoms with van der Waals surface area (Å²) in [5.74, 6) is -2.45.